The third-order valence-electron chi connectivity index (χ3n) is 6.51. The van der Waals surface area contributed by atoms with Gasteiger partial charge in [0.15, 0.2) is 0 Å². The van der Waals surface area contributed by atoms with Crippen LogP contribution in [0.15, 0.2) is 48.5 Å². The van der Waals surface area contributed by atoms with E-state index in [4.69, 9.17) is 9.47 Å². The van der Waals surface area contributed by atoms with Gasteiger partial charge >= 0.3 is 6.09 Å². The molecular formula is C32H47N3O5. The van der Waals surface area contributed by atoms with Crippen LogP contribution < -0.4 is 15.4 Å². The molecular weight excluding hydrogens is 506 g/mol. The molecule has 3 amide bonds. The van der Waals surface area contributed by atoms with Crippen LogP contribution in [-0.4, -0.2) is 48.1 Å². The Morgan fingerprint density at radius 2 is 1.55 bits per heavy atom. The summed E-state index contributed by atoms with van der Waals surface area (Å²) < 4.78 is 10.7. The van der Waals surface area contributed by atoms with Crippen LogP contribution in [0.2, 0.25) is 0 Å². The van der Waals surface area contributed by atoms with Crippen molar-refractivity contribution in [3.05, 3.63) is 59.7 Å². The summed E-state index contributed by atoms with van der Waals surface area (Å²) in [5, 5.41) is 5.76. The molecule has 0 aliphatic carbocycles. The van der Waals surface area contributed by atoms with Crippen LogP contribution in [0.3, 0.4) is 0 Å². The standard InChI is InChI=1S/C32H47N3O5/c1-9-11-12-21-35(30(37)27(22(3)4)34-31(38)40-32(5,6)7)28(24-15-13-23(10-2)14-16-24)29(36)33-25-17-19-26(39-8)20-18-25/h13-20,22,27-28H,9-12,21H2,1-8H3,(H,33,36)(H,34,38). The van der Waals surface area contributed by atoms with Crippen LogP contribution in [0, 0.1) is 5.92 Å². The van der Waals surface area contributed by atoms with Gasteiger partial charge in [-0.1, -0.05) is 64.8 Å². The lowest BCUT2D eigenvalue weighted by Gasteiger charge is -2.35. The van der Waals surface area contributed by atoms with Crippen molar-refractivity contribution in [2.45, 2.75) is 91.8 Å². The van der Waals surface area contributed by atoms with Gasteiger partial charge in [-0.2, -0.15) is 0 Å². The smallest absolute Gasteiger partial charge is 0.408 e. The van der Waals surface area contributed by atoms with Gasteiger partial charge in [0.1, 0.15) is 23.4 Å². The summed E-state index contributed by atoms with van der Waals surface area (Å²) in [5.74, 6) is -0.221. The molecule has 220 valence electrons. The zero-order valence-electron chi connectivity index (χ0n) is 25.4. The number of amides is 3. The first-order valence-corrected chi connectivity index (χ1v) is 14.2. The molecule has 2 atom stereocenters. The van der Waals surface area contributed by atoms with Crippen LogP contribution in [-0.2, 0) is 20.7 Å². The summed E-state index contributed by atoms with van der Waals surface area (Å²) in [4.78, 5) is 42.5. The van der Waals surface area contributed by atoms with Crippen LogP contribution in [0.25, 0.3) is 0 Å². The maximum absolute atomic E-state index is 14.2. The summed E-state index contributed by atoms with van der Waals surface area (Å²) in [5.41, 5.74) is 1.72. The van der Waals surface area contributed by atoms with E-state index in [1.807, 2.05) is 38.1 Å². The molecule has 0 aliphatic heterocycles. The van der Waals surface area contributed by atoms with Crippen LogP contribution in [0.4, 0.5) is 10.5 Å². The molecule has 2 unspecified atom stereocenters. The van der Waals surface area contributed by atoms with E-state index in [2.05, 4.69) is 24.5 Å². The highest BCUT2D eigenvalue weighted by atomic mass is 16.6. The number of rotatable bonds is 13. The number of unbranched alkanes of at least 4 members (excludes halogenated alkanes) is 2. The minimum atomic E-state index is -0.904. The predicted molar refractivity (Wildman–Crippen MR) is 159 cm³/mol. The van der Waals surface area contributed by atoms with Crippen molar-refractivity contribution >= 4 is 23.6 Å². The number of anilines is 1. The number of hydrogen-bond donors (Lipinski definition) is 2. The van der Waals surface area contributed by atoms with Crippen molar-refractivity contribution in [1.29, 1.82) is 0 Å². The summed E-state index contributed by atoms with van der Waals surface area (Å²) in [6.07, 6.45) is 2.77. The van der Waals surface area contributed by atoms with E-state index in [9.17, 15) is 14.4 Å². The number of aryl methyl sites for hydroxylation is 1. The van der Waals surface area contributed by atoms with Gasteiger partial charge in [-0.3, -0.25) is 9.59 Å². The Morgan fingerprint density at radius 3 is 2.05 bits per heavy atom. The summed E-state index contributed by atoms with van der Waals surface area (Å²) in [6.45, 7) is 13.6. The average molecular weight is 554 g/mol. The molecule has 0 heterocycles. The first-order chi connectivity index (χ1) is 18.9. The maximum atomic E-state index is 14.2. The van der Waals surface area contributed by atoms with E-state index >= 15 is 0 Å². The van der Waals surface area contributed by atoms with Crippen molar-refractivity contribution in [1.82, 2.24) is 10.2 Å². The fourth-order valence-corrected chi connectivity index (χ4v) is 4.32. The quantitative estimate of drug-likeness (QED) is 0.276. The molecule has 0 radical (unpaired) electrons. The van der Waals surface area contributed by atoms with Gasteiger partial charge in [0.2, 0.25) is 5.91 Å². The third-order valence-corrected chi connectivity index (χ3v) is 6.51. The van der Waals surface area contributed by atoms with Crippen molar-refractivity contribution in [3.63, 3.8) is 0 Å². The molecule has 0 saturated heterocycles. The lowest BCUT2D eigenvalue weighted by atomic mass is 9.97. The van der Waals surface area contributed by atoms with Crippen molar-refractivity contribution in [3.8, 4) is 5.75 Å². The minimum Gasteiger partial charge on any atom is -0.497 e. The minimum absolute atomic E-state index is 0.235. The van der Waals surface area contributed by atoms with Crippen molar-refractivity contribution in [2.24, 2.45) is 5.92 Å². The van der Waals surface area contributed by atoms with Gasteiger partial charge in [-0.15, -0.1) is 0 Å². The summed E-state index contributed by atoms with van der Waals surface area (Å²) in [7, 11) is 1.58. The molecule has 0 spiro atoms. The SMILES string of the molecule is CCCCCN(C(=O)C(NC(=O)OC(C)(C)C)C(C)C)C(C(=O)Nc1ccc(OC)cc1)c1ccc(CC)cc1. The van der Waals surface area contributed by atoms with Gasteiger partial charge in [0.05, 0.1) is 7.11 Å². The summed E-state index contributed by atoms with van der Waals surface area (Å²) >= 11 is 0. The van der Waals surface area contributed by atoms with Gasteiger partial charge < -0.3 is 25.0 Å². The monoisotopic (exact) mass is 553 g/mol. The van der Waals surface area contributed by atoms with E-state index < -0.39 is 23.8 Å². The largest absolute Gasteiger partial charge is 0.497 e. The second-order valence-electron chi connectivity index (χ2n) is 11.3. The Kier molecular flexibility index (Phi) is 12.5. The number of methoxy groups -OCH3 is 1. The van der Waals surface area contributed by atoms with Crippen LogP contribution >= 0.6 is 0 Å². The molecule has 2 aromatic rings. The highest BCUT2D eigenvalue weighted by Gasteiger charge is 2.37. The lowest BCUT2D eigenvalue weighted by molar-refractivity contribution is -0.141. The fourth-order valence-electron chi connectivity index (χ4n) is 4.32. The van der Waals surface area contributed by atoms with Gasteiger partial charge in [-0.05, 0) is 74.9 Å². The zero-order valence-corrected chi connectivity index (χ0v) is 25.4. The van der Waals surface area contributed by atoms with Gasteiger partial charge in [-0.25, -0.2) is 4.79 Å². The Bertz CT molecular complexity index is 1090. The topological polar surface area (TPSA) is 97.0 Å². The molecule has 2 N–H and O–H groups in total. The Hall–Kier alpha value is -3.55. The van der Waals surface area contributed by atoms with E-state index in [1.54, 1.807) is 57.0 Å². The second-order valence-corrected chi connectivity index (χ2v) is 11.3. The van der Waals surface area contributed by atoms with Crippen molar-refractivity contribution < 1.29 is 23.9 Å². The third kappa shape index (κ3) is 9.88. The van der Waals surface area contributed by atoms with Crippen molar-refractivity contribution in [2.75, 3.05) is 19.0 Å². The number of hydrogen-bond acceptors (Lipinski definition) is 5. The van der Waals surface area contributed by atoms with Crippen LogP contribution in [0.1, 0.15) is 84.9 Å². The zero-order chi connectivity index (χ0) is 29.9. The molecule has 8 nitrogen and oxygen atoms in total. The highest BCUT2D eigenvalue weighted by molar-refractivity contribution is 5.99. The average Bonchev–Trinajstić information content (AvgIpc) is 2.90. The highest BCUT2D eigenvalue weighted by Crippen LogP contribution is 2.27. The first-order valence-electron chi connectivity index (χ1n) is 14.2. The molecule has 0 fully saturated rings. The number of nitrogens with one attached hydrogen (secondary N) is 2. The predicted octanol–water partition coefficient (Wildman–Crippen LogP) is 6.51. The molecule has 0 aromatic heterocycles. The Labute approximate surface area is 239 Å². The number of alkyl carbamates (subject to hydrolysis) is 1. The molecule has 8 heteroatoms. The molecule has 2 aromatic carbocycles. The number of ether oxygens (including phenoxy) is 2. The fraction of sp³-hybridized carbons (Fsp3) is 0.531. The Morgan fingerprint density at radius 1 is 0.925 bits per heavy atom. The van der Waals surface area contributed by atoms with E-state index in [0.717, 1.165) is 31.2 Å². The number of carbonyl (C=O) groups excluding carboxylic acids is 3. The number of carbonyl (C=O) groups is 3. The second kappa shape index (κ2) is 15.3. The van der Waals surface area contributed by atoms with Gasteiger partial charge in [0.25, 0.3) is 5.91 Å². The molecule has 2 rings (SSSR count). The number of benzene rings is 2. The van der Waals surface area contributed by atoms with E-state index in [0.29, 0.717) is 23.5 Å². The normalized spacial score (nSPS) is 12.8. The summed E-state index contributed by atoms with van der Waals surface area (Å²) in [6, 6.07) is 13.1. The van der Waals surface area contributed by atoms with E-state index in [1.165, 1.54) is 0 Å². The Balaban J connectivity index is 2.52. The first kappa shape index (κ1) is 32.7. The number of nitrogens with zero attached hydrogens (tertiary/aromatic N) is 1. The maximum Gasteiger partial charge on any atom is 0.408 e. The lowest BCUT2D eigenvalue weighted by Crippen LogP contribution is -2.54. The molecule has 0 aliphatic rings. The molecule has 0 saturated carbocycles. The van der Waals surface area contributed by atoms with Crippen LogP contribution in [0.5, 0.6) is 5.75 Å². The van der Waals surface area contributed by atoms with E-state index in [-0.39, 0.29) is 17.7 Å². The molecule has 0 bridgehead atoms. The van der Waals surface area contributed by atoms with Gasteiger partial charge in [0, 0.05) is 12.2 Å². The molecule has 40 heavy (non-hydrogen) atoms.